The predicted molar refractivity (Wildman–Crippen MR) is 187 cm³/mol. The fourth-order valence-electron chi connectivity index (χ4n) is 6.50. The number of Topliss-reactive ketones (excluding diaryl/α,β-unsaturated/α-hetero) is 1. The lowest BCUT2D eigenvalue weighted by molar-refractivity contribution is -0.143. The third kappa shape index (κ3) is 10.2. The van der Waals surface area contributed by atoms with E-state index in [0.29, 0.717) is 32.5 Å². The maximum absolute atomic E-state index is 14.4. The summed E-state index contributed by atoms with van der Waals surface area (Å²) in [5.41, 5.74) is -1.28. The molecule has 0 aromatic heterocycles. The van der Waals surface area contributed by atoms with Crippen LogP contribution in [-0.4, -0.2) is 115 Å². The van der Waals surface area contributed by atoms with Gasteiger partial charge < -0.3 is 26.2 Å². The summed E-state index contributed by atoms with van der Waals surface area (Å²) in [5, 5.41) is 11.0. The summed E-state index contributed by atoms with van der Waals surface area (Å²) in [4.78, 5) is 68.5. The summed E-state index contributed by atoms with van der Waals surface area (Å²) >= 11 is 0. The molecule has 0 aromatic carbocycles. The van der Waals surface area contributed by atoms with Gasteiger partial charge in [0, 0.05) is 45.3 Å². The normalized spacial score (nSPS) is 23.7. The Bertz CT molecular complexity index is 1350. The van der Waals surface area contributed by atoms with Crippen LogP contribution in [0.2, 0.25) is 0 Å². The van der Waals surface area contributed by atoms with Gasteiger partial charge in [-0.05, 0) is 55.3 Å². The second kappa shape index (κ2) is 15.6. The number of rotatable bonds is 13. The lowest BCUT2D eigenvalue weighted by Crippen LogP contribution is -2.62. The van der Waals surface area contributed by atoms with Crippen molar-refractivity contribution in [3.8, 4) is 0 Å². The van der Waals surface area contributed by atoms with Gasteiger partial charge in [0.2, 0.25) is 17.6 Å². The van der Waals surface area contributed by atoms with Gasteiger partial charge in [-0.2, -0.15) is 17.0 Å². The van der Waals surface area contributed by atoms with Gasteiger partial charge in [-0.25, -0.2) is 4.79 Å². The smallest absolute Gasteiger partial charge is 0.315 e. The molecule has 5 atom stereocenters. The molecule has 15 heteroatoms. The number of hydrogen-bond donors (Lipinski definition) is 4. The van der Waals surface area contributed by atoms with E-state index in [4.69, 9.17) is 0 Å². The lowest BCUT2D eigenvalue weighted by Gasteiger charge is -2.38. The molecular weight excluding hydrogens is 650 g/mol. The number of carbonyl (C=O) groups is 5. The molecule has 1 aliphatic carbocycles. The molecule has 3 aliphatic rings. The standard InChI is InChI=1S/C34H61N7O7S/c1-20(2)23-17-25(29(43)36-24(16-22-12-13-22)27(42)30(44)35-11)40(18-23)31(45)28(34(8,9)10)38-32(46)37-26(33(5,6)7)19-39-14-15-41(21(3)4)49(39,47)48/h20-26,28H,12-19H2,1-11H3,(H,35,44)(H,36,43)(H2,37,38,46)/t23-,24?,25+,26-,28-/m1/s1. The third-order valence-corrected chi connectivity index (χ3v) is 12.3. The number of hydrogen-bond acceptors (Lipinski definition) is 7. The average Bonchev–Trinajstić information content (AvgIpc) is 3.59. The maximum Gasteiger partial charge on any atom is 0.315 e. The van der Waals surface area contributed by atoms with Crippen molar-refractivity contribution in [1.82, 2.24) is 34.8 Å². The molecule has 0 spiro atoms. The van der Waals surface area contributed by atoms with Crippen molar-refractivity contribution in [2.24, 2.45) is 28.6 Å². The average molecular weight is 712 g/mol. The second-order valence-electron chi connectivity index (χ2n) is 16.8. The first-order valence-electron chi connectivity index (χ1n) is 17.7. The molecule has 5 amide bonds. The highest BCUT2D eigenvalue weighted by molar-refractivity contribution is 7.87. The lowest BCUT2D eigenvalue weighted by atomic mass is 9.85. The van der Waals surface area contributed by atoms with Crippen LogP contribution in [0.5, 0.6) is 0 Å². The van der Waals surface area contributed by atoms with Gasteiger partial charge in [0.1, 0.15) is 12.1 Å². The molecule has 2 aliphatic heterocycles. The zero-order valence-corrected chi connectivity index (χ0v) is 32.2. The van der Waals surface area contributed by atoms with Crippen molar-refractivity contribution in [2.75, 3.05) is 33.2 Å². The van der Waals surface area contributed by atoms with Crippen LogP contribution in [0.1, 0.15) is 94.9 Å². The Kier molecular flexibility index (Phi) is 13.0. The van der Waals surface area contributed by atoms with Gasteiger partial charge in [-0.3, -0.25) is 19.2 Å². The first-order chi connectivity index (χ1) is 22.5. The number of urea groups is 1. The van der Waals surface area contributed by atoms with Crippen LogP contribution in [0.3, 0.4) is 0 Å². The van der Waals surface area contributed by atoms with Crippen molar-refractivity contribution in [1.29, 1.82) is 0 Å². The Hall–Kier alpha value is -2.78. The molecule has 0 aromatic rings. The van der Waals surface area contributed by atoms with Crippen LogP contribution in [0.25, 0.3) is 0 Å². The molecule has 2 saturated heterocycles. The second-order valence-corrected chi connectivity index (χ2v) is 18.7. The minimum Gasteiger partial charge on any atom is -0.353 e. The number of ketones is 1. The Morgan fingerprint density at radius 1 is 0.857 bits per heavy atom. The van der Waals surface area contributed by atoms with Gasteiger partial charge >= 0.3 is 6.03 Å². The van der Waals surface area contributed by atoms with Gasteiger partial charge in [-0.1, -0.05) is 68.2 Å². The Labute approximate surface area is 293 Å². The van der Waals surface area contributed by atoms with Crippen molar-refractivity contribution < 1.29 is 32.4 Å². The molecule has 3 fully saturated rings. The molecule has 1 unspecified atom stereocenters. The van der Waals surface area contributed by atoms with Crippen molar-refractivity contribution >= 4 is 39.7 Å². The summed E-state index contributed by atoms with van der Waals surface area (Å²) < 4.78 is 29.2. The van der Waals surface area contributed by atoms with E-state index in [0.717, 1.165) is 12.8 Å². The summed E-state index contributed by atoms with van der Waals surface area (Å²) in [6.45, 7) is 20.0. The molecule has 4 N–H and O–H groups in total. The van der Waals surface area contributed by atoms with Crippen LogP contribution >= 0.6 is 0 Å². The van der Waals surface area contributed by atoms with Gasteiger partial charge in [0.15, 0.2) is 0 Å². The number of likely N-dealkylation sites (tertiary alicyclic amines) is 1. The van der Waals surface area contributed by atoms with Gasteiger partial charge in [0.05, 0.1) is 6.04 Å². The third-order valence-electron chi connectivity index (χ3n) is 10.1. The van der Waals surface area contributed by atoms with Crippen molar-refractivity contribution in [2.45, 2.75) is 125 Å². The maximum atomic E-state index is 14.4. The zero-order valence-electron chi connectivity index (χ0n) is 31.4. The van der Waals surface area contributed by atoms with Gasteiger partial charge in [-0.15, -0.1) is 0 Å². The summed E-state index contributed by atoms with van der Waals surface area (Å²) in [6.07, 6.45) is 2.60. The molecule has 0 radical (unpaired) electrons. The molecule has 280 valence electrons. The quantitative estimate of drug-likeness (QED) is 0.211. The van der Waals surface area contributed by atoms with Crippen LogP contribution < -0.4 is 21.3 Å². The highest BCUT2D eigenvalue weighted by Crippen LogP contribution is 2.35. The minimum absolute atomic E-state index is 0.00348. The molecule has 49 heavy (non-hydrogen) atoms. The monoisotopic (exact) mass is 711 g/mol. The van der Waals surface area contributed by atoms with E-state index in [9.17, 15) is 32.4 Å². The number of nitrogens with one attached hydrogen (secondary N) is 4. The fourth-order valence-corrected chi connectivity index (χ4v) is 8.29. The first kappa shape index (κ1) is 40.6. The number of carbonyl (C=O) groups excluding carboxylic acids is 5. The van der Waals surface area contributed by atoms with Crippen LogP contribution in [0.4, 0.5) is 4.79 Å². The van der Waals surface area contributed by atoms with E-state index < -0.39 is 74.7 Å². The Balaban J connectivity index is 1.82. The Morgan fingerprint density at radius 2 is 1.47 bits per heavy atom. The molecule has 14 nitrogen and oxygen atoms in total. The van der Waals surface area contributed by atoms with E-state index in [-0.39, 0.29) is 30.3 Å². The van der Waals surface area contributed by atoms with Crippen LogP contribution in [-0.2, 0) is 29.4 Å². The predicted octanol–water partition coefficient (Wildman–Crippen LogP) is 1.86. The van der Waals surface area contributed by atoms with Crippen LogP contribution in [0, 0.1) is 28.6 Å². The van der Waals surface area contributed by atoms with E-state index in [1.807, 2.05) is 69.2 Å². The molecule has 0 bridgehead atoms. The van der Waals surface area contributed by atoms with Gasteiger partial charge in [0.25, 0.3) is 16.1 Å². The number of amides is 5. The molecule has 1 saturated carbocycles. The fraction of sp³-hybridized carbons (Fsp3) is 0.853. The highest BCUT2D eigenvalue weighted by atomic mass is 32.2. The zero-order chi connectivity index (χ0) is 37.2. The summed E-state index contributed by atoms with van der Waals surface area (Å²) in [7, 11) is -2.32. The topological polar surface area (TPSA) is 177 Å². The number of likely N-dealkylation sites (N-methyl/N-ethyl adjacent to an activating group) is 1. The molecular formula is C34H61N7O7S. The Morgan fingerprint density at radius 3 is 1.94 bits per heavy atom. The van der Waals surface area contributed by atoms with Crippen LogP contribution in [0.15, 0.2) is 0 Å². The SMILES string of the molecule is CNC(=O)C(=O)C(CC1CC1)NC(=O)[C@@H]1C[C@@H](C(C)C)CN1C(=O)[C@@H](NC(=O)N[C@H](CN1CCN(C(C)C)S1(=O)=O)C(C)(C)C)C(C)(C)C. The van der Waals surface area contributed by atoms with E-state index in [2.05, 4.69) is 21.3 Å². The van der Waals surface area contributed by atoms with E-state index in [1.54, 1.807) is 0 Å². The highest BCUT2D eigenvalue weighted by Gasteiger charge is 2.47. The van der Waals surface area contributed by atoms with Crippen molar-refractivity contribution in [3.63, 3.8) is 0 Å². The number of nitrogens with zero attached hydrogens (tertiary/aromatic N) is 3. The first-order valence-corrected chi connectivity index (χ1v) is 19.1. The minimum atomic E-state index is -3.69. The van der Waals surface area contributed by atoms with Crippen molar-refractivity contribution in [3.05, 3.63) is 0 Å². The largest absolute Gasteiger partial charge is 0.353 e. The molecule has 2 heterocycles. The summed E-state index contributed by atoms with van der Waals surface area (Å²) in [6, 6.07) is -4.30. The van der Waals surface area contributed by atoms with E-state index in [1.165, 1.54) is 20.6 Å². The van der Waals surface area contributed by atoms with E-state index >= 15 is 0 Å². The summed E-state index contributed by atoms with van der Waals surface area (Å²) in [5.74, 6) is -1.99. The molecule has 3 rings (SSSR count).